The molecule has 6 nitrogen and oxygen atoms in total. The number of nitrogens with zero attached hydrogens (tertiary/aromatic N) is 4. The number of hydrogen-bond acceptors (Lipinski definition) is 5. The first-order chi connectivity index (χ1) is 12.4. The lowest BCUT2D eigenvalue weighted by Crippen LogP contribution is -2.32. The van der Waals surface area contributed by atoms with Crippen molar-refractivity contribution >= 4 is 5.91 Å². The molecule has 1 aliphatic heterocycles. The van der Waals surface area contributed by atoms with Crippen LogP contribution in [0.15, 0.2) is 36.7 Å². The van der Waals surface area contributed by atoms with Crippen molar-refractivity contribution in [3.05, 3.63) is 53.5 Å². The SMILES string of the molecule is N#Cc1nccnc1OC1CCN(C(=O)c2ccccc2C(F)(F)F)C1. The van der Waals surface area contributed by atoms with Crippen LogP contribution >= 0.6 is 0 Å². The van der Waals surface area contributed by atoms with Crippen molar-refractivity contribution in [3.8, 4) is 11.9 Å². The van der Waals surface area contributed by atoms with E-state index in [-0.39, 0.29) is 24.7 Å². The molecule has 26 heavy (non-hydrogen) atoms. The predicted octanol–water partition coefficient (Wildman–Crippen LogP) is 2.66. The zero-order chi connectivity index (χ0) is 18.7. The van der Waals surface area contributed by atoms with E-state index >= 15 is 0 Å². The molecule has 2 aromatic rings. The van der Waals surface area contributed by atoms with Gasteiger partial charge in [0.05, 0.1) is 17.7 Å². The number of likely N-dealkylation sites (tertiary alicyclic amines) is 1. The smallest absolute Gasteiger partial charge is 0.417 e. The van der Waals surface area contributed by atoms with Gasteiger partial charge < -0.3 is 9.64 Å². The number of amides is 1. The molecular weight excluding hydrogens is 349 g/mol. The van der Waals surface area contributed by atoms with Crippen molar-refractivity contribution in [2.24, 2.45) is 0 Å². The van der Waals surface area contributed by atoms with Gasteiger partial charge in [0.15, 0.2) is 0 Å². The third-order valence-electron chi connectivity index (χ3n) is 3.94. The van der Waals surface area contributed by atoms with Crippen LogP contribution in [0.4, 0.5) is 13.2 Å². The summed E-state index contributed by atoms with van der Waals surface area (Å²) in [7, 11) is 0. The molecule has 0 spiro atoms. The van der Waals surface area contributed by atoms with Gasteiger partial charge in [-0.05, 0) is 12.1 Å². The number of nitriles is 1. The summed E-state index contributed by atoms with van der Waals surface area (Å²) in [6.07, 6.45) is -1.94. The molecule has 1 fully saturated rings. The van der Waals surface area contributed by atoms with Crippen LogP contribution in [0.2, 0.25) is 0 Å². The molecule has 9 heteroatoms. The number of ether oxygens (including phenoxy) is 1. The Morgan fingerprint density at radius 3 is 2.73 bits per heavy atom. The lowest BCUT2D eigenvalue weighted by molar-refractivity contribution is -0.138. The van der Waals surface area contributed by atoms with Gasteiger partial charge in [-0.1, -0.05) is 12.1 Å². The number of carbonyl (C=O) groups is 1. The summed E-state index contributed by atoms with van der Waals surface area (Å²) >= 11 is 0. The van der Waals surface area contributed by atoms with Crippen molar-refractivity contribution in [1.82, 2.24) is 14.9 Å². The minimum absolute atomic E-state index is 0.0136. The lowest BCUT2D eigenvalue weighted by atomic mass is 10.1. The second-order valence-electron chi connectivity index (χ2n) is 5.64. The molecule has 1 amide bonds. The van der Waals surface area contributed by atoms with Crippen LogP contribution in [0.5, 0.6) is 5.88 Å². The third kappa shape index (κ3) is 3.59. The molecule has 1 atom stereocenters. The van der Waals surface area contributed by atoms with E-state index in [0.717, 1.165) is 12.1 Å². The van der Waals surface area contributed by atoms with Crippen LogP contribution in [0.1, 0.15) is 28.0 Å². The molecule has 1 aliphatic rings. The first-order valence-corrected chi connectivity index (χ1v) is 7.73. The first-order valence-electron chi connectivity index (χ1n) is 7.73. The minimum Gasteiger partial charge on any atom is -0.470 e. The van der Waals surface area contributed by atoms with Gasteiger partial charge in [-0.3, -0.25) is 4.79 Å². The zero-order valence-electron chi connectivity index (χ0n) is 13.4. The van der Waals surface area contributed by atoms with Crippen LogP contribution in [-0.2, 0) is 6.18 Å². The maximum Gasteiger partial charge on any atom is 0.417 e. The fourth-order valence-corrected chi connectivity index (χ4v) is 2.74. The van der Waals surface area contributed by atoms with Crippen LogP contribution in [-0.4, -0.2) is 40.0 Å². The summed E-state index contributed by atoms with van der Waals surface area (Å²) in [5.41, 5.74) is -1.34. The van der Waals surface area contributed by atoms with E-state index in [1.54, 1.807) is 0 Å². The maximum absolute atomic E-state index is 13.1. The van der Waals surface area contributed by atoms with Crippen molar-refractivity contribution in [2.45, 2.75) is 18.7 Å². The summed E-state index contributed by atoms with van der Waals surface area (Å²) < 4.78 is 44.9. The molecule has 3 rings (SSSR count). The molecular formula is C17H13F3N4O2. The first kappa shape index (κ1) is 17.7. The quantitative estimate of drug-likeness (QED) is 0.839. The summed E-state index contributed by atoms with van der Waals surface area (Å²) in [6.45, 7) is 0.351. The molecule has 1 aromatic carbocycles. The molecule has 0 saturated carbocycles. The van der Waals surface area contributed by atoms with Gasteiger partial charge in [0.25, 0.3) is 11.8 Å². The van der Waals surface area contributed by atoms with Crippen LogP contribution in [0, 0.1) is 11.3 Å². The molecule has 2 heterocycles. The van der Waals surface area contributed by atoms with Gasteiger partial charge in [0.1, 0.15) is 12.2 Å². The molecule has 1 aromatic heterocycles. The van der Waals surface area contributed by atoms with E-state index in [2.05, 4.69) is 9.97 Å². The number of benzene rings is 1. The Bertz CT molecular complexity index is 864. The highest BCUT2D eigenvalue weighted by Crippen LogP contribution is 2.33. The number of aromatic nitrogens is 2. The Morgan fingerprint density at radius 1 is 1.27 bits per heavy atom. The summed E-state index contributed by atoms with van der Waals surface area (Å²) in [5.74, 6) is -0.659. The summed E-state index contributed by atoms with van der Waals surface area (Å²) in [4.78, 5) is 21.6. The maximum atomic E-state index is 13.1. The molecule has 0 radical (unpaired) electrons. The highest BCUT2D eigenvalue weighted by molar-refractivity contribution is 5.96. The van der Waals surface area contributed by atoms with E-state index in [9.17, 15) is 18.0 Å². The van der Waals surface area contributed by atoms with E-state index < -0.39 is 29.3 Å². The topological polar surface area (TPSA) is 79.1 Å². The second-order valence-corrected chi connectivity index (χ2v) is 5.64. The summed E-state index contributed by atoms with van der Waals surface area (Å²) in [5, 5.41) is 8.98. The zero-order valence-corrected chi connectivity index (χ0v) is 13.4. The number of rotatable bonds is 3. The Morgan fingerprint density at radius 2 is 2.00 bits per heavy atom. The minimum atomic E-state index is -4.61. The van der Waals surface area contributed by atoms with Crippen molar-refractivity contribution < 1.29 is 22.7 Å². The van der Waals surface area contributed by atoms with E-state index in [1.807, 2.05) is 6.07 Å². The Hall–Kier alpha value is -3.15. The van der Waals surface area contributed by atoms with Gasteiger partial charge in [-0.15, -0.1) is 0 Å². The second kappa shape index (κ2) is 7.00. The van der Waals surface area contributed by atoms with E-state index in [0.29, 0.717) is 6.42 Å². The normalized spacial score (nSPS) is 17.0. The van der Waals surface area contributed by atoms with Crippen LogP contribution in [0.25, 0.3) is 0 Å². The lowest BCUT2D eigenvalue weighted by Gasteiger charge is -2.19. The number of carbonyl (C=O) groups excluding carboxylic acids is 1. The highest BCUT2D eigenvalue weighted by Gasteiger charge is 2.37. The Balaban J connectivity index is 1.74. The Labute approximate surface area is 146 Å². The third-order valence-corrected chi connectivity index (χ3v) is 3.94. The summed E-state index contributed by atoms with van der Waals surface area (Å²) in [6, 6.07) is 6.53. The highest BCUT2D eigenvalue weighted by atomic mass is 19.4. The van der Waals surface area contributed by atoms with Crippen LogP contribution < -0.4 is 4.74 Å². The fourth-order valence-electron chi connectivity index (χ4n) is 2.74. The molecule has 0 N–H and O–H groups in total. The van der Waals surface area contributed by atoms with Gasteiger partial charge in [0, 0.05) is 25.4 Å². The van der Waals surface area contributed by atoms with Crippen molar-refractivity contribution in [1.29, 1.82) is 5.26 Å². The Kier molecular flexibility index (Phi) is 4.75. The van der Waals surface area contributed by atoms with Gasteiger partial charge in [-0.2, -0.15) is 18.4 Å². The molecule has 1 saturated heterocycles. The molecule has 1 unspecified atom stereocenters. The van der Waals surface area contributed by atoms with Crippen molar-refractivity contribution in [2.75, 3.05) is 13.1 Å². The number of halogens is 3. The standard InChI is InChI=1S/C17H13F3N4O2/c18-17(19,20)13-4-2-1-3-12(13)16(25)24-8-5-11(10-24)26-15-14(9-21)22-6-7-23-15/h1-4,6-7,11H,5,8,10H2. The molecule has 134 valence electrons. The largest absolute Gasteiger partial charge is 0.470 e. The fraction of sp³-hybridized carbons (Fsp3) is 0.294. The van der Waals surface area contributed by atoms with Crippen LogP contribution in [0.3, 0.4) is 0 Å². The predicted molar refractivity (Wildman–Crippen MR) is 83.1 cm³/mol. The number of hydrogen-bond donors (Lipinski definition) is 0. The van der Waals surface area contributed by atoms with E-state index in [1.165, 1.54) is 29.4 Å². The van der Waals surface area contributed by atoms with Gasteiger partial charge in [-0.25, -0.2) is 9.97 Å². The van der Waals surface area contributed by atoms with Gasteiger partial charge >= 0.3 is 6.18 Å². The molecule has 0 aliphatic carbocycles. The molecule has 0 bridgehead atoms. The number of alkyl halides is 3. The van der Waals surface area contributed by atoms with Gasteiger partial charge in [0.2, 0.25) is 5.69 Å². The monoisotopic (exact) mass is 362 g/mol. The average molecular weight is 362 g/mol. The van der Waals surface area contributed by atoms with Crippen molar-refractivity contribution in [3.63, 3.8) is 0 Å². The van der Waals surface area contributed by atoms with E-state index in [4.69, 9.17) is 10.00 Å². The average Bonchev–Trinajstić information content (AvgIpc) is 3.09.